The van der Waals surface area contributed by atoms with Crippen molar-refractivity contribution in [3.8, 4) is 0 Å². The molecule has 1 unspecified atom stereocenters. The molecule has 0 rings (SSSR count). The number of ether oxygens (including phenoxy) is 1. The summed E-state index contributed by atoms with van der Waals surface area (Å²) in [7, 11) is 1.31. The summed E-state index contributed by atoms with van der Waals surface area (Å²) < 4.78 is 4.48. The molecule has 1 atom stereocenters. The molecule has 0 aromatic carbocycles. The molecule has 0 aliphatic carbocycles. The van der Waals surface area contributed by atoms with Crippen LogP contribution >= 0.6 is 0 Å². The molecule has 0 aromatic heterocycles. The quantitative estimate of drug-likeness (QED) is 0.474. The maximum atomic E-state index is 10.9. The van der Waals surface area contributed by atoms with E-state index in [1.807, 2.05) is 0 Å². The van der Waals surface area contributed by atoms with Crippen molar-refractivity contribution in [2.24, 2.45) is 5.92 Å². The molecule has 0 spiro atoms. The van der Waals surface area contributed by atoms with Crippen LogP contribution in [0.5, 0.6) is 0 Å². The van der Waals surface area contributed by atoms with Gasteiger partial charge in [-0.3, -0.25) is 0 Å². The monoisotopic (exact) mass is 188 g/mol. The zero-order valence-electron chi connectivity index (χ0n) is 7.99. The lowest BCUT2D eigenvalue weighted by atomic mass is 10.0. The third kappa shape index (κ3) is 4.65. The van der Waals surface area contributed by atoms with Crippen LogP contribution < -0.4 is 0 Å². The van der Waals surface area contributed by atoms with E-state index < -0.39 is 5.97 Å². The minimum absolute atomic E-state index is 0.00379. The van der Waals surface area contributed by atoms with Gasteiger partial charge in [-0.05, 0) is 13.3 Å². The Kier molecular flexibility index (Phi) is 6.18. The Bertz CT molecular complexity index is 186. The second-order valence-corrected chi connectivity index (χ2v) is 2.80. The van der Waals surface area contributed by atoms with Crippen LogP contribution in [-0.4, -0.2) is 36.5 Å². The fraction of sp³-hybridized carbons (Fsp3) is 0.667. The van der Waals surface area contributed by atoms with Crippen LogP contribution in [0.2, 0.25) is 0 Å². The number of aliphatic hydroxyl groups excluding tert-OH is 2. The summed E-state index contributed by atoms with van der Waals surface area (Å²) in [5, 5.41) is 17.5. The molecule has 4 nitrogen and oxygen atoms in total. The van der Waals surface area contributed by atoms with Crippen LogP contribution in [-0.2, 0) is 9.53 Å². The Balaban J connectivity index is 4.23. The van der Waals surface area contributed by atoms with E-state index in [4.69, 9.17) is 10.2 Å². The van der Waals surface area contributed by atoms with Crippen molar-refractivity contribution in [1.29, 1.82) is 0 Å². The smallest absolute Gasteiger partial charge is 0.333 e. The summed E-state index contributed by atoms with van der Waals surface area (Å²) in [5.41, 5.74) is 0.454. The lowest BCUT2D eigenvalue weighted by Crippen LogP contribution is -2.09. The summed E-state index contributed by atoms with van der Waals surface area (Å²) in [5.74, 6) is -0.583. The van der Waals surface area contributed by atoms with Gasteiger partial charge in [0.2, 0.25) is 0 Å². The van der Waals surface area contributed by atoms with Crippen LogP contribution in [0.1, 0.15) is 13.3 Å². The predicted molar refractivity (Wildman–Crippen MR) is 48.1 cm³/mol. The average Bonchev–Trinajstić information content (AvgIpc) is 2.15. The molecular formula is C9H16O4. The second kappa shape index (κ2) is 6.62. The molecule has 76 valence electrons. The van der Waals surface area contributed by atoms with E-state index in [-0.39, 0.29) is 19.1 Å². The molecule has 0 aliphatic rings. The molecule has 0 saturated heterocycles. The first-order valence-electron chi connectivity index (χ1n) is 4.14. The molecule has 0 aliphatic heterocycles. The lowest BCUT2D eigenvalue weighted by molar-refractivity contribution is -0.136. The van der Waals surface area contributed by atoms with Gasteiger partial charge in [0.1, 0.15) is 0 Å². The number of methoxy groups -OCH3 is 1. The van der Waals surface area contributed by atoms with E-state index in [1.165, 1.54) is 7.11 Å². The lowest BCUT2D eigenvalue weighted by Gasteiger charge is -2.08. The third-order valence-electron chi connectivity index (χ3n) is 1.73. The molecule has 0 bridgehead atoms. The van der Waals surface area contributed by atoms with E-state index in [2.05, 4.69) is 4.74 Å². The van der Waals surface area contributed by atoms with E-state index in [0.29, 0.717) is 12.0 Å². The van der Waals surface area contributed by atoms with Crippen molar-refractivity contribution in [3.63, 3.8) is 0 Å². The Morgan fingerprint density at radius 2 is 2.15 bits per heavy atom. The highest BCUT2D eigenvalue weighted by Gasteiger charge is 2.08. The second-order valence-electron chi connectivity index (χ2n) is 2.80. The molecule has 0 fully saturated rings. The Morgan fingerprint density at radius 1 is 1.54 bits per heavy atom. The van der Waals surface area contributed by atoms with Crippen LogP contribution in [0.25, 0.3) is 0 Å². The molecule has 4 heteroatoms. The van der Waals surface area contributed by atoms with Gasteiger partial charge in [0, 0.05) is 24.7 Å². The first kappa shape index (κ1) is 12.1. The van der Waals surface area contributed by atoms with E-state index in [0.717, 1.165) is 0 Å². The fourth-order valence-corrected chi connectivity index (χ4v) is 0.976. The topological polar surface area (TPSA) is 66.8 Å². The van der Waals surface area contributed by atoms with Gasteiger partial charge in [0.25, 0.3) is 0 Å². The third-order valence-corrected chi connectivity index (χ3v) is 1.73. The summed E-state index contributed by atoms with van der Waals surface area (Å²) in [6, 6.07) is 0. The highest BCUT2D eigenvalue weighted by atomic mass is 16.5. The number of hydrogen-bond acceptors (Lipinski definition) is 4. The normalized spacial score (nSPS) is 14.0. The van der Waals surface area contributed by atoms with Gasteiger partial charge in [-0.25, -0.2) is 4.79 Å². The summed E-state index contributed by atoms with van der Waals surface area (Å²) in [4.78, 5) is 10.9. The van der Waals surface area contributed by atoms with E-state index in [9.17, 15) is 4.79 Å². The molecule has 0 amide bonds. The van der Waals surface area contributed by atoms with Gasteiger partial charge >= 0.3 is 5.97 Å². The maximum Gasteiger partial charge on any atom is 0.333 e. The number of hydrogen-bond donors (Lipinski definition) is 2. The Hall–Kier alpha value is -0.870. The zero-order valence-corrected chi connectivity index (χ0v) is 7.99. The van der Waals surface area contributed by atoms with Crippen molar-refractivity contribution in [1.82, 2.24) is 0 Å². The Morgan fingerprint density at radius 3 is 2.54 bits per heavy atom. The van der Waals surface area contributed by atoms with E-state index >= 15 is 0 Å². The number of carbonyl (C=O) groups excluding carboxylic acids is 1. The van der Waals surface area contributed by atoms with Crippen LogP contribution in [0.4, 0.5) is 0 Å². The van der Waals surface area contributed by atoms with Crippen molar-refractivity contribution < 1.29 is 19.7 Å². The molecule has 2 N–H and O–H groups in total. The molecule has 0 radical (unpaired) electrons. The van der Waals surface area contributed by atoms with Gasteiger partial charge in [-0.15, -0.1) is 0 Å². The SMILES string of the molecule is COC(=O)C(C)=CC(CO)CCO. The average molecular weight is 188 g/mol. The summed E-state index contributed by atoms with van der Waals surface area (Å²) in [6.45, 7) is 1.54. The van der Waals surface area contributed by atoms with Gasteiger partial charge in [0.05, 0.1) is 7.11 Å². The minimum Gasteiger partial charge on any atom is -0.466 e. The Labute approximate surface area is 77.8 Å². The number of esters is 1. The van der Waals surface area contributed by atoms with Crippen molar-refractivity contribution >= 4 is 5.97 Å². The summed E-state index contributed by atoms with van der Waals surface area (Å²) in [6.07, 6.45) is 2.06. The number of aliphatic hydroxyl groups is 2. The van der Waals surface area contributed by atoms with Crippen molar-refractivity contribution in [2.75, 3.05) is 20.3 Å². The van der Waals surface area contributed by atoms with Crippen LogP contribution in [0.15, 0.2) is 11.6 Å². The summed E-state index contributed by atoms with van der Waals surface area (Å²) >= 11 is 0. The van der Waals surface area contributed by atoms with E-state index in [1.54, 1.807) is 13.0 Å². The molecular weight excluding hydrogens is 172 g/mol. The molecule has 13 heavy (non-hydrogen) atoms. The first-order chi connectivity index (χ1) is 6.15. The number of carbonyl (C=O) groups is 1. The molecule has 0 heterocycles. The standard InChI is InChI=1S/C9H16O4/c1-7(9(12)13-2)5-8(6-11)3-4-10/h5,8,10-11H,3-4,6H2,1-2H3. The van der Waals surface area contributed by atoms with Gasteiger partial charge < -0.3 is 14.9 Å². The van der Waals surface area contributed by atoms with Crippen molar-refractivity contribution in [2.45, 2.75) is 13.3 Å². The highest BCUT2D eigenvalue weighted by molar-refractivity contribution is 5.87. The van der Waals surface area contributed by atoms with Gasteiger partial charge in [-0.1, -0.05) is 6.08 Å². The van der Waals surface area contributed by atoms with Crippen LogP contribution in [0.3, 0.4) is 0 Å². The van der Waals surface area contributed by atoms with Gasteiger partial charge in [-0.2, -0.15) is 0 Å². The zero-order chi connectivity index (χ0) is 10.3. The molecule has 0 aromatic rings. The highest BCUT2D eigenvalue weighted by Crippen LogP contribution is 2.08. The van der Waals surface area contributed by atoms with Crippen LogP contribution in [0, 0.1) is 5.92 Å². The number of rotatable bonds is 5. The van der Waals surface area contributed by atoms with Gasteiger partial charge in [0.15, 0.2) is 0 Å². The first-order valence-corrected chi connectivity index (χ1v) is 4.14. The minimum atomic E-state index is -0.406. The maximum absolute atomic E-state index is 10.9. The fourth-order valence-electron chi connectivity index (χ4n) is 0.976. The van der Waals surface area contributed by atoms with Crippen molar-refractivity contribution in [3.05, 3.63) is 11.6 Å². The largest absolute Gasteiger partial charge is 0.466 e. The molecule has 0 saturated carbocycles. The predicted octanol–water partition coefficient (Wildman–Crippen LogP) is 0.0966.